The van der Waals surface area contributed by atoms with E-state index in [4.69, 9.17) is 5.11 Å². The molecule has 18 heavy (non-hydrogen) atoms. The van der Waals surface area contributed by atoms with Gasteiger partial charge in [-0.15, -0.1) is 0 Å². The van der Waals surface area contributed by atoms with Crippen LogP contribution in [-0.2, 0) is 11.2 Å². The van der Waals surface area contributed by atoms with Crippen molar-refractivity contribution in [3.63, 3.8) is 0 Å². The number of hydrogen-bond donors (Lipinski definition) is 1. The highest BCUT2D eigenvalue weighted by molar-refractivity contribution is 5.67. The average molecular weight is 247 g/mol. The molecule has 1 aliphatic heterocycles. The monoisotopic (exact) mass is 247 g/mol. The van der Waals surface area contributed by atoms with Crippen LogP contribution in [0.15, 0.2) is 24.3 Å². The van der Waals surface area contributed by atoms with E-state index in [1.807, 2.05) is 12.1 Å². The molecular weight excluding hydrogens is 226 g/mol. The first-order valence-corrected chi connectivity index (χ1v) is 6.62. The molecule has 0 amide bonds. The second-order valence-corrected chi connectivity index (χ2v) is 5.47. The Morgan fingerprint density at radius 1 is 1.33 bits per heavy atom. The van der Waals surface area contributed by atoms with Crippen LogP contribution >= 0.6 is 0 Å². The zero-order valence-corrected chi connectivity index (χ0v) is 11.1. The number of rotatable bonds is 5. The van der Waals surface area contributed by atoms with Crippen LogP contribution in [-0.4, -0.2) is 24.2 Å². The molecule has 0 radical (unpaired) electrons. The van der Waals surface area contributed by atoms with Gasteiger partial charge in [0.25, 0.3) is 0 Å². The Hall–Kier alpha value is -1.51. The standard InChI is InChI=1S/C15H21NO2/c1-11(2)13-9-16(10-13)14-6-3-12(4-7-14)5-8-15(17)18/h3-4,6-7,11,13H,5,8-10H2,1-2H3,(H,17,18). The van der Waals surface area contributed by atoms with Gasteiger partial charge in [0.15, 0.2) is 0 Å². The molecule has 1 aliphatic rings. The number of hydrogen-bond acceptors (Lipinski definition) is 2. The van der Waals surface area contributed by atoms with Crippen LogP contribution in [0.3, 0.4) is 0 Å². The maximum Gasteiger partial charge on any atom is 0.303 e. The van der Waals surface area contributed by atoms with E-state index in [1.54, 1.807) is 0 Å². The van der Waals surface area contributed by atoms with Crippen molar-refractivity contribution in [2.45, 2.75) is 26.7 Å². The van der Waals surface area contributed by atoms with Gasteiger partial charge in [0.1, 0.15) is 0 Å². The second kappa shape index (κ2) is 5.42. The van der Waals surface area contributed by atoms with Crippen LogP contribution in [0.25, 0.3) is 0 Å². The number of aryl methyl sites for hydroxylation is 1. The van der Waals surface area contributed by atoms with Gasteiger partial charge in [-0.3, -0.25) is 4.79 Å². The first kappa shape index (κ1) is 12.9. The van der Waals surface area contributed by atoms with E-state index in [9.17, 15) is 4.79 Å². The molecule has 0 unspecified atom stereocenters. The van der Waals surface area contributed by atoms with Gasteiger partial charge in [-0.25, -0.2) is 0 Å². The predicted molar refractivity (Wildman–Crippen MR) is 72.9 cm³/mol. The molecule has 0 aromatic heterocycles. The fourth-order valence-electron chi connectivity index (χ4n) is 2.27. The summed E-state index contributed by atoms with van der Waals surface area (Å²) in [5, 5.41) is 8.64. The topological polar surface area (TPSA) is 40.5 Å². The van der Waals surface area contributed by atoms with Crippen molar-refractivity contribution in [3.8, 4) is 0 Å². The van der Waals surface area contributed by atoms with E-state index in [0.717, 1.165) is 30.5 Å². The van der Waals surface area contributed by atoms with Crippen molar-refractivity contribution in [2.24, 2.45) is 11.8 Å². The summed E-state index contributed by atoms with van der Waals surface area (Å²) in [6.45, 7) is 6.84. The Bertz CT molecular complexity index is 405. The molecule has 0 bridgehead atoms. The van der Waals surface area contributed by atoms with Crippen molar-refractivity contribution in [1.82, 2.24) is 0 Å². The van der Waals surface area contributed by atoms with E-state index in [1.165, 1.54) is 5.69 Å². The SMILES string of the molecule is CC(C)C1CN(c2ccc(CCC(=O)O)cc2)C1. The van der Waals surface area contributed by atoms with Crippen molar-refractivity contribution in [1.29, 1.82) is 0 Å². The maximum atomic E-state index is 10.5. The summed E-state index contributed by atoms with van der Waals surface area (Å²) < 4.78 is 0. The van der Waals surface area contributed by atoms with E-state index in [-0.39, 0.29) is 6.42 Å². The summed E-state index contributed by atoms with van der Waals surface area (Å²) in [5.74, 6) is 0.842. The molecule has 3 heteroatoms. The molecule has 98 valence electrons. The quantitative estimate of drug-likeness (QED) is 0.869. The Morgan fingerprint density at radius 2 is 1.94 bits per heavy atom. The van der Waals surface area contributed by atoms with Crippen LogP contribution < -0.4 is 4.90 Å². The number of carboxylic acids is 1. The third kappa shape index (κ3) is 3.03. The summed E-state index contributed by atoms with van der Waals surface area (Å²) >= 11 is 0. The third-order valence-electron chi connectivity index (χ3n) is 3.78. The summed E-state index contributed by atoms with van der Waals surface area (Å²) in [6, 6.07) is 8.30. The predicted octanol–water partition coefficient (Wildman–Crippen LogP) is 2.80. The zero-order valence-electron chi connectivity index (χ0n) is 11.1. The lowest BCUT2D eigenvalue weighted by Crippen LogP contribution is -2.49. The van der Waals surface area contributed by atoms with Gasteiger partial charge >= 0.3 is 5.97 Å². The van der Waals surface area contributed by atoms with Crippen molar-refractivity contribution >= 4 is 11.7 Å². The lowest BCUT2D eigenvalue weighted by molar-refractivity contribution is -0.136. The number of aliphatic carboxylic acids is 1. The number of carboxylic acid groups (broad SMARTS) is 1. The lowest BCUT2D eigenvalue weighted by Gasteiger charge is -2.43. The molecule has 0 atom stereocenters. The summed E-state index contributed by atoms with van der Waals surface area (Å²) in [6.07, 6.45) is 0.822. The van der Waals surface area contributed by atoms with Crippen LogP contribution in [0.1, 0.15) is 25.8 Å². The van der Waals surface area contributed by atoms with E-state index < -0.39 is 5.97 Å². The molecule has 0 spiro atoms. The number of benzene rings is 1. The largest absolute Gasteiger partial charge is 0.481 e. The first-order chi connectivity index (χ1) is 8.56. The molecule has 1 aromatic rings. The summed E-state index contributed by atoms with van der Waals surface area (Å²) in [4.78, 5) is 12.9. The highest BCUT2D eigenvalue weighted by Crippen LogP contribution is 2.29. The van der Waals surface area contributed by atoms with Gasteiger partial charge in [0.2, 0.25) is 0 Å². The van der Waals surface area contributed by atoms with Crippen LogP contribution in [0.5, 0.6) is 0 Å². The fourth-order valence-corrected chi connectivity index (χ4v) is 2.27. The minimum absolute atomic E-state index is 0.207. The molecule has 0 saturated carbocycles. The maximum absolute atomic E-state index is 10.5. The van der Waals surface area contributed by atoms with E-state index in [2.05, 4.69) is 30.9 Å². The highest BCUT2D eigenvalue weighted by atomic mass is 16.4. The third-order valence-corrected chi connectivity index (χ3v) is 3.78. The Morgan fingerprint density at radius 3 is 2.44 bits per heavy atom. The van der Waals surface area contributed by atoms with Gasteiger partial charge in [0.05, 0.1) is 0 Å². The van der Waals surface area contributed by atoms with Crippen molar-refractivity contribution in [3.05, 3.63) is 29.8 Å². The minimum atomic E-state index is -0.735. The van der Waals surface area contributed by atoms with E-state index in [0.29, 0.717) is 6.42 Å². The zero-order chi connectivity index (χ0) is 13.1. The smallest absolute Gasteiger partial charge is 0.303 e. The highest BCUT2D eigenvalue weighted by Gasteiger charge is 2.28. The van der Waals surface area contributed by atoms with Crippen molar-refractivity contribution in [2.75, 3.05) is 18.0 Å². The fraction of sp³-hybridized carbons (Fsp3) is 0.533. The molecule has 1 saturated heterocycles. The molecular formula is C15H21NO2. The molecule has 1 fully saturated rings. The Labute approximate surface area is 108 Å². The average Bonchev–Trinajstić information content (AvgIpc) is 2.25. The second-order valence-electron chi connectivity index (χ2n) is 5.47. The number of nitrogens with zero attached hydrogens (tertiary/aromatic N) is 1. The van der Waals surface area contributed by atoms with Gasteiger partial charge in [-0.2, -0.15) is 0 Å². The van der Waals surface area contributed by atoms with E-state index >= 15 is 0 Å². The summed E-state index contributed by atoms with van der Waals surface area (Å²) in [5.41, 5.74) is 2.35. The molecule has 2 rings (SSSR count). The lowest BCUT2D eigenvalue weighted by atomic mass is 9.88. The molecule has 3 nitrogen and oxygen atoms in total. The van der Waals surface area contributed by atoms with Gasteiger partial charge in [-0.05, 0) is 36.0 Å². The molecule has 0 aliphatic carbocycles. The van der Waals surface area contributed by atoms with Crippen LogP contribution in [0, 0.1) is 11.8 Å². The first-order valence-electron chi connectivity index (χ1n) is 6.62. The Balaban J connectivity index is 1.87. The Kier molecular flexibility index (Phi) is 3.90. The summed E-state index contributed by atoms with van der Waals surface area (Å²) in [7, 11) is 0. The molecule has 1 heterocycles. The molecule has 1 N–H and O–H groups in total. The molecule has 1 aromatic carbocycles. The van der Waals surface area contributed by atoms with Crippen LogP contribution in [0.2, 0.25) is 0 Å². The number of anilines is 1. The van der Waals surface area contributed by atoms with Crippen LogP contribution in [0.4, 0.5) is 5.69 Å². The number of carbonyl (C=O) groups is 1. The van der Waals surface area contributed by atoms with Gasteiger partial charge in [-0.1, -0.05) is 26.0 Å². The normalized spacial score (nSPS) is 15.8. The van der Waals surface area contributed by atoms with Gasteiger partial charge < -0.3 is 10.0 Å². The van der Waals surface area contributed by atoms with Gasteiger partial charge in [0, 0.05) is 25.2 Å². The minimum Gasteiger partial charge on any atom is -0.481 e. The van der Waals surface area contributed by atoms with Crippen molar-refractivity contribution < 1.29 is 9.90 Å².